The van der Waals surface area contributed by atoms with Gasteiger partial charge >= 0.3 is 0 Å². The maximum absolute atomic E-state index is 12.6. The van der Waals surface area contributed by atoms with E-state index in [-0.39, 0.29) is 17.9 Å². The number of anilines is 1. The minimum absolute atomic E-state index is 0.0137. The average molecular weight is 317 g/mol. The molecule has 1 aliphatic rings. The number of para-hydroxylation sites is 1. The summed E-state index contributed by atoms with van der Waals surface area (Å²) in [6, 6.07) is 7.98. The molecule has 0 unspecified atom stereocenters. The van der Waals surface area contributed by atoms with Crippen LogP contribution in [-0.2, 0) is 0 Å². The molecule has 1 aliphatic heterocycles. The van der Waals surface area contributed by atoms with Crippen LogP contribution in [0.15, 0.2) is 24.3 Å². The van der Waals surface area contributed by atoms with Gasteiger partial charge in [-0.3, -0.25) is 4.79 Å². The highest BCUT2D eigenvalue weighted by atomic mass is 32.1. The first-order valence-corrected chi connectivity index (χ1v) is 8.05. The molecule has 2 atom stereocenters. The molecule has 116 valence electrons. The fourth-order valence-electron chi connectivity index (χ4n) is 2.79. The Hall–Kier alpha value is -2.08. The molecule has 2 heterocycles. The van der Waals surface area contributed by atoms with E-state index >= 15 is 0 Å². The lowest BCUT2D eigenvalue weighted by atomic mass is 9.94. The number of rotatable bonds is 4. The number of aryl methyl sites for hydroxylation is 1. The van der Waals surface area contributed by atoms with Crippen molar-refractivity contribution < 1.29 is 9.53 Å². The van der Waals surface area contributed by atoms with Crippen LogP contribution in [0.1, 0.15) is 34.5 Å². The van der Waals surface area contributed by atoms with Crippen molar-refractivity contribution in [1.29, 1.82) is 0 Å². The van der Waals surface area contributed by atoms with Gasteiger partial charge in [-0.15, -0.1) is 0 Å². The molecule has 0 fully saturated rings. The molecule has 0 bridgehead atoms. The Morgan fingerprint density at radius 1 is 1.45 bits per heavy atom. The quantitative estimate of drug-likeness (QED) is 0.910. The Morgan fingerprint density at radius 3 is 3.00 bits per heavy atom. The van der Waals surface area contributed by atoms with Crippen molar-refractivity contribution in [3.05, 3.63) is 41.1 Å². The lowest BCUT2D eigenvalue weighted by Crippen LogP contribution is -2.38. The van der Waals surface area contributed by atoms with Gasteiger partial charge in [0.25, 0.3) is 5.91 Å². The number of hydrogen-bond donors (Lipinski definition) is 2. The Bertz CT molecular complexity index is 698. The van der Waals surface area contributed by atoms with E-state index in [0.717, 1.165) is 22.0 Å². The van der Waals surface area contributed by atoms with Crippen LogP contribution in [0.3, 0.4) is 0 Å². The number of hydrogen-bond acceptors (Lipinski definition) is 5. The largest absolute Gasteiger partial charge is 0.493 e. The molecular weight excluding hydrogens is 298 g/mol. The Morgan fingerprint density at radius 2 is 2.23 bits per heavy atom. The van der Waals surface area contributed by atoms with Gasteiger partial charge in [-0.25, -0.2) is 0 Å². The van der Waals surface area contributed by atoms with Crippen LogP contribution >= 0.6 is 11.5 Å². The summed E-state index contributed by atoms with van der Waals surface area (Å²) < 4.78 is 9.94. The van der Waals surface area contributed by atoms with Crippen molar-refractivity contribution in [2.75, 3.05) is 19.0 Å². The molecule has 1 amide bonds. The van der Waals surface area contributed by atoms with Crippen molar-refractivity contribution in [3.8, 4) is 5.75 Å². The minimum atomic E-state index is -0.0903. The molecule has 22 heavy (non-hydrogen) atoms. The number of nitrogens with one attached hydrogen (secondary N) is 2. The molecule has 0 saturated carbocycles. The summed E-state index contributed by atoms with van der Waals surface area (Å²) in [5, 5.41) is 6.91. The molecule has 6 heteroatoms. The molecule has 0 saturated heterocycles. The van der Waals surface area contributed by atoms with Gasteiger partial charge in [-0.2, -0.15) is 4.37 Å². The van der Waals surface area contributed by atoms with Crippen LogP contribution in [0.25, 0.3) is 0 Å². The molecule has 3 rings (SSSR count). The average Bonchev–Trinajstić information content (AvgIpc) is 3.10. The molecule has 5 nitrogen and oxygen atoms in total. The first kappa shape index (κ1) is 14.8. The van der Waals surface area contributed by atoms with E-state index in [1.165, 1.54) is 11.5 Å². The Labute approximate surface area is 133 Å². The van der Waals surface area contributed by atoms with Crippen molar-refractivity contribution in [2.24, 2.45) is 0 Å². The molecule has 1 aromatic heterocycles. The van der Waals surface area contributed by atoms with Crippen molar-refractivity contribution in [2.45, 2.75) is 25.8 Å². The monoisotopic (exact) mass is 317 g/mol. The van der Waals surface area contributed by atoms with E-state index in [1.807, 2.05) is 32.0 Å². The second kappa shape index (κ2) is 5.96. The smallest absolute Gasteiger partial charge is 0.256 e. The third-order valence-corrected chi connectivity index (χ3v) is 4.97. The van der Waals surface area contributed by atoms with Gasteiger partial charge in [0.2, 0.25) is 0 Å². The van der Waals surface area contributed by atoms with Gasteiger partial charge in [-0.1, -0.05) is 18.2 Å². The van der Waals surface area contributed by atoms with Gasteiger partial charge in [0.1, 0.15) is 10.8 Å². The summed E-state index contributed by atoms with van der Waals surface area (Å²) in [7, 11) is 1.80. The first-order valence-electron chi connectivity index (χ1n) is 7.28. The van der Waals surface area contributed by atoms with Crippen LogP contribution < -0.4 is 15.4 Å². The van der Waals surface area contributed by atoms with Crippen LogP contribution in [0.2, 0.25) is 0 Å². The molecular formula is C16H19N3O2S. The summed E-state index contributed by atoms with van der Waals surface area (Å²) in [5.41, 5.74) is 2.54. The SMILES string of the molecule is CNc1snc(C)c1C(=O)N[C@H](C)[C@@H]1COc2ccccc21. The third-order valence-electron chi connectivity index (χ3n) is 4.02. The van der Waals surface area contributed by atoms with Gasteiger partial charge in [-0.05, 0) is 31.4 Å². The van der Waals surface area contributed by atoms with E-state index < -0.39 is 0 Å². The maximum atomic E-state index is 12.6. The van der Waals surface area contributed by atoms with Crippen LogP contribution in [0.4, 0.5) is 5.00 Å². The molecule has 2 N–H and O–H groups in total. The number of carbonyl (C=O) groups excluding carboxylic acids is 1. The lowest BCUT2D eigenvalue weighted by Gasteiger charge is -2.20. The molecule has 1 aromatic carbocycles. The fraction of sp³-hybridized carbons (Fsp3) is 0.375. The van der Waals surface area contributed by atoms with Crippen molar-refractivity contribution >= 4 is 22.4 Å². The first-order chi connectivity index (χ1) is 10.6. The van der Waals surface area contributed by atoms with Crippen molar-refractivity contribution in [3.63, 3.8) is 0 Å². The number of carbonyl (C=O) groups is 1. The van der Waals surface area contributed by atoms with Crippen LogP contribution in [-0.4, -0.2) is 30.0 Å². The zero-order valence-electron chi connectivity index (χ0n) is 12.8. The summed E-state index contributed by atoms with van der Waals surface area (Å²) >= 11 is 1.31. The van der Waals surface area contributed by atoms with E-state index in [2.05, 4.69) is 21.1 Å². The number of benzene rings is 1. The topological polar surface area (TPSA) is 63.2 Å². The number of ether oxygens (including phenoxy) is 1. The van der Waals surface area contributed by atoms with Crippen LogP contribution in [0.5, 0.6) is 5.75 Å². The highest BCUT2D eigenvalue weighted by Crippen LogP contribution is 2.35. The molecule has 0 spiro atoms. The molecule has 0 radical (unpaired) electrons. The maximum Gasteiger partial charge on any atom is 0.256 e. The molecule has 0 aliphatic carbocycles. The van der Waals surface area contributed by atoms with E-state index in [9.17, 15) is 4.79 Å². The normalized spacial score (nSPS) is 17.5. The van der Waals surface area contributed by atoms with Gasteiger partial charge in [0.15, 0.2) is 0 Å². The minimum Gasteiger partial charge on any atom is -0.493 e. The number of aromatic nitrogens is 1. The second-order valence-electron chi connectivity index (χ2n) is 5.44. The van der Waals surface area contributed by atoms with E-state index in [0.29, 0.717) is 12.2 Å². The predicted molar refractivity (Wildman–Crippen MR) is 88.0 cm³/mol. The number of fused-ring (bicyclic) bond motifs is 1. The Balaban J connectivity index is 1.76. The van der Waals surface area contributed by atoms with Crippen molar-refractivity contribution in [1.82, 2.24) is 9.69 Å². The zero-order valence-corrected chi connectivity index (χ0v) is 13.7. The van der Waals surface area contributed by atoms with Gasteiger partial charge < -0.3 is 15.4 Å². The lowest BCUT2D eigenvalue weighted by molar-refractivity contribution is 0.0933. The number of amides is 1. The van der Waals surface area contributed by atoms with E-state index in [4.69, 9.17) is 4.74 Å². The van der Waals surface area contributed by atoms with Gasteiger partial charge in [0, 0.05) is 24.6 Å². The summed E-state index contributed by atoms with van der Waals surface area (Å²) in [4.78, 5) is 12.6. The summed E-state index contributed by atoms with van der Waals surface area (Å²) in [6.07, 6.45) is 0. The number of nitrogens with zero attached hydrogens (tertiary/aromatic N) is 1. The fourth-order valence-corrected chi connectivity index (χ4v) is 3.53. The van der Waals surface area contributed by atoms with E-state index in [1.54, 1.807) is 7.05 Å². The Kier molecular flexibility index (Phi) is 4.02. The zero-order chi connectivity index (χ0) is 15.7. The van der Waals surface area contributed by atoms with Gasteiger partial charge in [0.05, 0.1) is 17.9 Å². The highest BCUT2D eigenvalue weighted by molar-refractivity contribution is 7.10. The third kappa shape index (κ3) is 2.54. The highest BCUT2D eigenvalue weighted by Gasteiger charge is 2.30. The molecule has 2 aromatic rings. The standard InChI is InChI=1S/C16H19N3O2S/c1-9(12-8-21-13-7-5-4-6-11(12)13)18-15(20)14-10(2)19-22-16(14)17-3/h4-7,9,12,17H,8H2,1-3H3,(H,18,20)/t9-,12+/m1/s1. The summed E-state index contributed by atoms with van der Waals surface area (Å²) in [5.74, 6) is 0.996. The van der Waals surface area contributed by atoms with Crippen LogP contribution in [0, 0.1) is 6.92 Å². The predicted octanol–water partition coefficient (Wildman–Crippen LogP) is 2.79. The second-order valence-corrected chi connectivity index (χ2v) is 6.21. The summed E-state index contributed by atoms with van der Waals surface area (Å²) in [6.45, 7) is 4.47.